The van der Waals surface area contributed by atoms with Gasteiger partial charge in [0.15, 0.2) is 16.6 Å². The molecule has 0 spiro atoms. The van der Waals surface area contributed by atoms with Gasteiger partial charge < -0.3 is 0 Å². The van der Waals surface area contributed by atoms with E-state index in [0.717, 1.165) is 5.56 Å². The first kappa shape index (κ1) is 9.29. The van der Waals surface area contributed by atoms with Crippen molar-refractivity contribution in [1.29, 1.82) is 0 Å². The highest BCUT2D eigenvalue weighted by Crippen LogP contribution is 2.19. The molecule has 0 aliphatic rings. The fourth-order valence-electron chi connectivity index (χ4n) is 1.53. The Morgan fingerprint density at radius 3 is 2.94 bits per heavy atom. The Kier molecular flexibility index (Phi) is 1.90. The van der Waals surface area contributed by atoms with Gasteiger partial charge in [0, 0.05) is 25.6 Å². The van der Waals surface area contributed by atoms with Crippen molar-refractivity contribution < 1.29 is 0 Å². The first-order chi connectivity index (χ1) is 7.75. The van der Waals surface area contributed by atoms with E-state index >= 15 is 0 Å². The summed E-state index contributed by atoms with van der Waals surface area (Å²) in [7, 11) is 1.85. The first-order valence-electron chi connectivity index (χ1n) is 4.60. The number of nitrogens with zero attached hydrogens (tertiary/aromatic N) is 6. The molecule has 3 heterocycles. The molecule has 3 rings (SSSR count). The van der Waals surface area contributed by atoms with Crippen LogP contribution in [0.1, 0.15) is 0 Å². The Balaban J connectivity index is 2.29. The quantitative estimate of drug-likeness (QED) is 0.634. The standard InChI is InChI=1S/C9H7ClN6/c1-15-5-6(4-12-15)8-13-14-9-7(10)11-2-3-16(8)9/h2-5H,1H3. The lowest BCUT2D eigenvalue weighted by molar-refractivity contribution is 0.768. The number of hydrogen-bond acceptors (Lipinski definition) is 4. The van der Waals surface area contributed by atoms with Crippen molar-refractivity contribution in [3.8, 4) is 11.4 Å². The largest absolute Gasteiger partial charge is 0.278 e. The van der Waals surface area contributed by atoms with Crippen molar-refractivity contribution in [1.82, 2.24) is 29.4 Å². The Morgan fingerprint density at radius 1 is 1.31 bits per heavy atom. The van der Waals surface area contributed by atoms with Crippen LogP contribution in [0.5, 0.6) is 0 Å². The SMILES string of the molecule is Cn1cc(-c2nnc3c(Cl)nccn23)cn1. The lowest BCUT2D eigenvalue weighted by atomic mass is 10.3. The molecule has 0 aliphatic heterocycles. The molecule has 0 saturated heterocycles. The van der Waals surface area contributed by atoms with Crippen molar-refractivity contribution in [3.63, 3.8) is 0 Å². The number of halogens is 1. The summed E-state index contributed by atoms with van der Waals surface area (Å²) in [4.78, 5) is 3.94. The van der Waals surface area contributed by atoms with Crippen LogP contribution in [0.15, 0.2) is 24.8 Å². The van der Waals surface area contributed by atoms with Crippen LogP contribution < -0.4 is 0 Å². The van der Waals surface area contributed by atoms with Crippen LogP contribution in [-0.4, -0.2) is 29.4 Å². The lowest BCUT2D eigenvalue weighted by Crippen LogP contribution is -1.90. The maximum Gasteiger partial charge on any atom is 0.198 e. The van der Waals surface area contributed by atoms with Crippen LogP contribution in [0.2, 0.25) is 5.15 Å². The molecule has 6 nitrogen and oxygen atoms in total. The molecule has 16 heavy (non-hydrogen) atoms. The molecular weight excluding hydrogens is 228 g/mol. The molecule has 3 aromatic heterocycles. The lowest BCUT2D eigenvalue weighted by Gasteiger charge is -1.96. The summed E-state index contributed by atoms with van der Waals surface area (Å²) in [6.45, 7) is 0. The van der Waals surface area contributed by atoms with Crippen molar-refractivity contribution in [3.05, 3.63) is 29.9 Å². The molecule has 0 atom stereocenters. The third-order valence-corrected chi connectivity index (χ3v) is 2.51. The van der Waals surface area contributed by atoms with Crippen LogP contribution in [0.3, 0.4) is 0 Å². The average molecular weight is 235 g/mol. The number of aromatic nitrogens is 6. The molecular formula is C9H7ClN6. The third-order valence-electron chi connectivity index (χ3n) is 2.25. The first-order valence-corrected chi connectivity index (χ1v) is 4.98. The van der Waals surface area contributed by atoms with Crippen LogP contribution in [0.25, 0.3) is 17.0 Å². The molecule has 3 aromatic rings. The van der Waals surface area contributed by atoms with Crippen molar-refractivity contribution in [2.75, 3.05) is 0 Å². The van der Waals surface area contributed by atoms with E-state index in [1.807, 2.05) is 13.2 Å². The topological polar surface area (TPSA) is 60.9 Å². The normalized spacial score (nSPS) is 11.1. The molecule has 0 amide bonds. The van der Waals surface area contributed by atoms with Gasteiger partial charge in [-0.25, -0.2) is 4.98 Å². The summed E-state index contributed by atoms with van der Waals surface area (Å²) in [6.07, 6.45) is 6.97. The van der Waals surface area contributed by atoms with E-state index in [2.05, 4.69) is 20.3 Å². The Hall–Kier alpha value is -1.95. The highest BCUT2D eigenvalue weighted by atomic mass is 35.5. The summed E-state index contributed by atoms with van der Waals surface area (Å²) in [5.41, 5.74) is 1.43. The molecule has 7 heteroatoms. The average Bonchev–Trinajstić information content (AvgIpc) is 2.84. The smallest absolute Gasteiger partial charge is 0.198 e. The van der Waals surface area contributed by atoms with E-state index in [9.17, 15) is 0 Å². The minimum atomic E-state index is 0.338. The summed E-state index contributed by atoms with van der Waals surface area (Å²) in [6, 6.07) is 0. The summed E-state index contributed by atoms with van der Waals surface area (Å²) < 4.78 is 3.49. The molecule has 0 fully saturated rings. The summed E-state index contributed by atoms with van der Waals surface area (Å²) in [5.74, 6) is 0.701. The second-order valence-electron chi connectivity index (χ2n) is 3.34. The molecule has 80 valence electrons. The Morgan fingerprint density at radius 2 is 2.19 bits per heavy atom. The van der Waals surface area contributed by atoms with Crippen LogP contribution in [0.4, 0.5) is 0 Å². The van der Waals surface area contributed by atoms with Crippen molar-refractivity contribution in [2.45, 2.75) is 0 Å². The van der Waals surface area contributed by atoms with Crippen LogP contribution in [0, 0.1) is 0 Å². The van der Waals surface area contributed by atoms with Gasteiger partial charge in [0.05, 0.1) is 11.8 Å². The van der Waals surface area contributed by atoms with E-state index in [1.54, 1.807) is 27.7 Å². The van der Waals surface area contributed by atoms with Gasteiger partial charge >= 0.3 is 0 Å². The number of aryl methyl sites for hydroxylation is 1. The van der Waals surface area contributed by atoms with Crippen LogP contribution >= 0.6 is 11.6 Å². The summed E-state index contributed by atoms with van der Waals surface area (Å²) >= 11 is 5.91. The Bertz CT molecular complexity index is 655. The zero-order valence-corrected chi connectivity index (χ0v) is 9.13. The highest BCUT2D eigenvalue weighted by Gasteiger charge is 2.11. The van der Waals surface area contributed by atoms with Gasteiger partial charge in [-0.2, -0.15) is 5.10 Å². The molecule has 0 bridgehead atoms. The minimum absolute atomic E-state index is 0.338. The van der Waals surface area contributed by atoms with Crippen molar-refractivity contribution >= 4 is 17.2 Å². The second-order valence-corrected chi connectivity index (χ2v) is 3.70. The predicted octanol–water partition coefficient (Wildman–Crippen LogP) is 1.18. The maximum atomic E-state index is 5.91. The molecule has 0 unspecified atom stereocenters. The highest BCUT2D eigenvalue weighted by molar-refractivity contribution is 6.32. The molecule has 0 N–H and O–H groups in total. The van der Waals surface area contributed by atoms with E-state index in [1.165, 1.54) is 0 Å². The minimum Gasteiger partial charge on any atom is -0.278 e. The van der Waals surface area contributed by atoms with Crippen LogP contribution in [-0.2, 0) is 7.05 Å². The number of rotatable bonds is 1. The fourth-order valence-corrected chi connectivity index (χ4v) is 1.72. The summed E-state index contributed by atoms with van der Waals surface area (Å²) in [5, 5.41) is 12.5. The van der Waals surface area contributed by atoms with Gasteiger partial charge in [0.2, 0.25) is 0 Å². The van der Waals surface area contributed by atoms with Gasteiger partial charge in [-0.15, -0.1) is 10.2 Å². The van der Waals surface area contributed by atoms with Gasteiger partial charge in [-0.1, -0.05) is 11.6 Å². The zero-order valence-electron chi connectivity index (χ0n) is 8.37. The molecule has 0 saturated carbocycles. The number of hydrogen-bond donors (Lipinski definition) is 0. The van der Waals surface area contributed by atoms with Gasteiger partial charge in [-0.3, -0.25) is 9.08 Å². The molecule has 0 radical (unpaired) electrons. The van der Waals surface area contributed by atoms with E-state index in [4.69, 9.17) is 11.6 Å². The maximum absolute atomic E-state index is 5.91. The van der Waals surface area contributed by atoms with Crippen molar-refractivity contribution in [2.24, 2.45) is 7.05 Å². The Labute approximate surface area is 95.5 Å². The second kappa shape index (κ2) is 3.28. The van der Waals surface area contributed by atoms with E-state index in [0.29, 0.717) is 16.6 Å². The van der Waals surface area contributed by atoms with Gasteiger partial charge in [-0.05, 0) is 0 Å². The fraction of sp³-hybridized carbons (Fsp3) is 0.111. The zero-order chi connectivity index (χ0) is 11.1. The molecule has 0 aromatic carbocycles. The van der Waals surface area contributed by atoms with Gasteiger partial charge in [0.25, 0.3) is 0 Å². The number of fused-ring (bicyclic) bond motifs is 1. The van der Waals surface area contributed by atoms with E-state index < -0.39 is 0 Å². The molecule has 0 aliphatic carbocycles. The van der Waals surface area contributed by atoms with Gasteiger partial charge in [0.1, 0.15) is 0 Å². The monoisotopic (exact) mass is 234 g/mol. The predicted molar refractivity (Wildman–Crippen MR) is 58.0 cm³/mol. The van der Waals surface area contributed by atoms with E-state index in [-0.39, 0.29) is 0 Å². The third kappa shape index (κ3) is 1.27.